The van der Waals surface area contributed by atoms with Gasteiger partial charge in [0, 0.05) is 17.7 Å². The first kappa shape index (κ1) is 16.9. The molecule has 0 unspecified atom stereocenters. The van der Waals surface area contributed by atoms with Crippen LogP contribution in [0.2, 0.25) is 0 Å². The Bertz CT molecular complexity index is 924. The lowest BCUT2D eigenvalue weighted by Crippen LogP contribution is -2.18. The lowest BCUT2D eigenvalue weighted by Gasteiger charge is -2.16. The molecule has 1 aromatic heterocycles. The van der Waals surface area contributed by atoms with Crippen molar-refractivity contribution in [3.63, 3.8) is 0 Å². The third kappa shape index (κ3) is 3.55. The molecule has 0 atom stereocenters. The molecule has 1 fully saturated rings. The molecule has 1 N–H and O–H groups in total. The van der Waals surface area contributed by atoms with Gasteiger partial charge in [0.25, 0.3) is 0 Å². The van der Waals surface area contributed by atoms with Crippen molar-refractivity contribution >= 4 is 32.9 Å². The van der Waals surface area contributed by atoms with Crippen LogP contribution in [0, 0.1) is 3.82 Å². The summed E-state index contributed by atoms with van der Waals surface area (Å²) in [5, 5.41) is 10.3. The average molecular weight is 386 g/mol. The van der Waals surface area contributed by atoms with Crippen LogP contribution in [-0.4, -0.2) is 23.1 Å². The Morgan fingerprint density at radius 3 is 2.48 bits per heavy atom. The van der Waals surface area contributed by atoms with Crippen molar-refractivity contribution in [1.29, 1.82) is 0 Å². The van der Waals surface area contributed by atoms with E-state index in [0.717, 1.165) is 45.7 Å². The van der Waals surface area contributed by atoms with E-state index < -0.39 is 0 Å². The quantitative estimate of drug-likeness (QED) is 0.429. The summed E-state index contributed by atoms with van der Waals surface area (Å²) in [7, 11) is 3.37. The largest absolute Gasteiger partial charge is 0.508 e. The van der Waals surface area contributed by atoms with Gasteiger partial charge in [0.1, 0.15) is 9.57 Å². The van der Waals surface area contributed by atoms with Crippen molar-refractivity contribution in [2.45, 2.75) is 19.4 Å². The minimum Gasteiger partial charge on any atom is -0.508 e. The van der Waals surface area contributed by atoms with Crippen LogP contribution in [0.3, 0.4) is 0 Å². The Hall–Kier alpha value is -1.53. The van der Waals surface area contributed by atoms with Crippen LogP contribution < -0.4 is 0 Å². The Morgan fingerprint density at radius 2 is 1.72 bits per heavy atom. The molecular formula is C20H19NOS3. The summed E-state index contributed by atoms with van der Waals surface area (Å²) < 4.78 is 0.931. The predicted molar refractivity (Wildman–Crippen MR) is 110 cm³/mol. The molecule has 0 spiro atoms. The highest BCUT2D eigenvalue weighted by Gasteiger charge is 2.17. The molecule has 0 radical (unpaired) electrons. The minimum atomic E-state index is 0.385. The second-order valence-corrected chi connectivity index (χ2v) is 9.17. The van der Waals surface area contributed by atoms with E-state index in [1.807, 2.05) is 30.3 Å². The fraction of sp³-hybridized carbons (Fsp3) is 0.250. The molecular weight excluding hydrogens is 366 g/mol. The number of aromatic hydroxyl groups is 1. The summed E-state index contributed by atoms with van der Waals surface area (Å²) in [6.45, 7) is 3.06. The van der Waals surface area contributed by atoms with Crippen LogP contribution in [0.5, 0.6) is 5.75 Å². The van der Waals surface area contributed by atoms with Gasteiger partial charge in [-0.2, -0.15) is 0 Å². The second kappa shape index (κ2) is 7.38. The monoisotopic (exact) mass is 385 g/mol. The Balaban J connectivity index is 1.74. The van der Waals surface area contributed by atoms with E-state index in [-0.39, 0.29) is 0 Å². The van der Waals surface area contributed by atoms with Crippen molar-refractivity contribution in [2.75, 3.05) is 13.1 Å². The van der Waals surface area contributed by atoms with Crippen molar-refractivity contribution in [3.05, 3.63) is 57.9 Å². The van der Waals surface area contributed by atoms with Gasteiger partial charge in [-0.1, -0.05) is 63.2 Å². The first-order chi connectivity index (χ1) is 12.2. The Kier molecular flexibility index (Phi) is 4.99. The first-order valence-electron chi connectivity index (χ1n) is 8.45. The lowest BCUT2D eigenvalue weighted by atomic mass is 10.0. The van der Waals surface area contributed by atoms with Crippen LogP contribution in [0.15, 0.2) is 48.5 Å². The topological polar surface area (TPSA) is 23.5 Å². The van der Waals surface area contributed by atoms with Gasteiger partial charge in [0.2, 0.25) is 0 Å². The van der Waals surface area contributed by atoms with Crippen LogP contribution >= 0.6 is 32.9 Å². The lowest BCUT2D eigenvalue weighted by molar-refractivity contribution is 0.324. The molecule has 0 bridgehead atoms. The van der Waals surface area contributed by atoms with E-state index in [9.17, 15) is 5.11 Å². The van der Waals surface area contributed by atoms with Crippen LogP contribution in [0.1, 0.15) is 18.4 Å². The number of benzene rings is 2. The van der Waals surface area contributed by atoms with Gasteiger partial charge in [-0.05, 0) is 55.3 Å². The zero-order chi connectivity index (χ0) is 17.2. The number of rotatable bonds is 4. The van der Waals surface area contributed by atoms with Gasteiger partial charge >= 0.3 is 0 Å². The molecule has 0 amide bonds. The summed E-state index contributed by atoms with van der Waals surface area (Å²) in [6, 6.07) is 16.3. The summed E-state index contributed by atoms with van der Waals surface area (Å²) in [6.07, 6.45) is 2.51. The van der Waals surface area contributed by atoms with Gasteiger partial charge < -0.3 is 5.11 Å². The highest BCUT2D eigenvalue weighted by molar-refractivity contribution is 7.80. The van der Waals surface area contributed by atoms with Gasteiger partial charge in [0.15, 0.2) is 0 Å². The zero-order valence-corrected chi connectivity index (χ0v) is 16.2. The van der Waals surface area contributed by atoms with E-state index in [1.165, 1.54) is 17.7 Å². The second-order valence-electron chi connectivity index (χ2n) is 6.35. The van der Waals surface area contributed by atoms with Crippen molar-refractivity contribution < 1.29 is 5.11 Å². The molecule has 3 aromatic rings. The normalized spacial score (nSPS) is 14.9. The van der Waals surface area contributed by atoms with E-state index in [4.69, 9.17) is 12.2 Å². The molecule has 2 nitrogen and oxygen atoms in total. The number of nitrogens with zero attached hydrogens (tertiary/aromatic N) is 1. The standard InChI is InChI=1S/C20H19NOS3/c22-17-9-8-15(12-16(17)13-21-10-4-5-11-21)19-18(20(23)25-24-19)14-6-2-1-3-7-14/h1-3,6-9,12,22H,4-5,10-11,13H2. The van der Waals surface area contributed by atoms with E-state index >= 15 is 0 Å². The van der Waals surface area contributed by atoms with Crippen molar-refractivity contribution in [3.8, 4) is 27.3 Å². The molecule has 128 valence electrons. The number of phenolic OH excluding ortho intramolecular Hbond substituents is 1. The molecule has 0 aliphatic carbocycles. The molecule has 1 aliphatic rings. The fourth-order valence-corrected chi connectivity index (χ4v) is 6.25. The predicted octanol–water partition coefficient (Wildman–Crippen LogP) is 6.17. The van der Waals surface area contributed by atoms with E-state index in [1.54, 1.807) is 20.7 Å². The minimum absolute atomic E-state index is 0.385. The average Bonchev–Trinajstić information content (AvgIpc) is 3.27. The number of hydrogen-bond donors (Lipinski definition) is 1. The van der Waals surface area contributed by atoms with Crippen LogP contribution in [-0.2, 0) is 6.54 Å². The molecule has 0 saturated carbocycles. The zero-order valence-electron chi connectivity index (χ0n) is 13.8. The summed E-state index contributed by atoms with van der Waals surface area (Å²) >= 11 is 5.60. The number of phenols is 1. The third-order valence-corrected chi connectivity index (χ3v) is 7.69. The fourth-order valence-electron chi connectivity index (χ4n) is 3.34. The van der Waals surface area contributed by atoms with Crippen molar-refractivity contribution in [2.24, 2.45) is 0 Å². The highest BCUT2D eigenvalue weighted by atomic mass is 32.9. The summed E-state index contributed by atoms with van der Waals surface area (Å²) in [4.78, 5) is 3.61. The van der Waals surface area contributed by atoms with Crippen LogP contribution in [0.4, 0.5) is 0 Å². The molecule has 5 heteroatoms. The number of hydrogen-bond acceptors (Lipinski definition) is 5. The maximum Gasteiger partial charge on any atom is 0.120 e. The molecule has 4 rings (SSSR count). The molecule has 2 aromatic carbocycles. The summed E-state index contributed by atoms with van der Waals surface area (Å²) in [5.41, 5.74) is 4.45. The number of likely N-dealkylation sites (tertiary alicyclic amines) is 1. The van der Waals surface area contributed by atoms with E-state index in [0.29, 0.717) is 5.75 Å². The van der Waals surface area contributed by atoms with Gasteiger partial charge in [-0.15, -0.1) is 0 Å². The third-order valence-electron chi connectivity index (χ3n) is 4.63. The maximum absolute atomic E-state index is 10.3. The molecule has 25 heavy (non-hydrogen) atoms. The Morgan fingerprint density at radius 1 is 0.960 bits per heavy atom. The van der Waals surface area contributed by atoms with Gasteiger partial charge in [-0.25, -0.2) is 0 Å². The molecule has 1 aliphatic heterocycles. The molecule has 2 heterocycles. The highest BCUT2D eigenvalue weighted by Crippen LogP contribution is 2.42. The van der Waals surface area contributed by atoms with Gasteiger partial charge in [0.05, 0.1) is 4.88 Å². The smallest absolute Gasteiger partial charge is 0.120 e. The van der Waals surface area contributed by atoms with Gasteiger partial charge in [-0.3, -0.25) is 4.90 Å². The Labute approximate surface area is 160 Å². The maximum atomic E-state index is 10.3. The summed E-state index contributed by atoms with van der Waals surface area (Å²) in [5.74, 6) is 0.385. The first-order valence-corrected chi connectivity index (χ1v) is 11.0. The van der Waals surface area contributed by atoms with Crippen molar-refractivity contribution in [1.82, 2.24) is 4.90 Å². The molecule has 1 saturated heterocycles. The van der Waals surface area contributed by atoms with E-state index in [2.05, 4.69) is 23.1 Å². The SMILES string of the molecule is Oc1ccc(-c2ssc(=S)c2-c2ccccc2)cc1CN1CCCC1. The van der Waals surface area contributed by atoms with Crippen LogP contribution in [0.25, 0.3) is 21.6 Å².